The molecule has 0 heterocycles. The first-order valence-corrected chi connectivity index (χ1v) is 9.04. The molecule has 5 heteroatoms. The number of halogens is 1. The van der Waals surface area contributed by atoms with Crippen LogP contribution in [0.1, 0.15) is 43.7 Å². The van der Waals surface area contributed by atoms with E-state index < -0.39 is 15.8 Å². The monoisotopic (exact) mass is 313 g/mol. The minimum Gasteiger partial charge on any atom is -0.211 e. The first-order valence-electron chi connectivity index (χ1n) is 7.56. The van der Waals surface area contributed by atoms with Gasteiger partial charge in [0.15, 0.2) is 0 Å². The minimum atomic E-state index is -3.57. The van der Waals surface area contributed by atoms with Gasteiger partial charge in [-0.25, -0.2) is 17.5 Å². The maximum atomic E-state index is 13.3. The van der Waals surface area contributed by atoms with Crippen molar-refractivity contribution in [2.45, 2.75) is 51.3 Å². The minimum absolute atomic E-state index is 0.216. The molecule has 1 aromatic carbocycles. The van der Waals surface area contributed by atoms with Crippen LogP contribution in [0.3, 0.4) is 0 Å². The number of rotatable bonds is 4. The Morgan fingerprint density at radius 3 is 2.43 bits per heavy atom. The summed E-state index contributed by atoms with van der Waals surface area (Å²) in [6.07, 6.45) is 4.56. The van der Waals surface area contributed by atoms with Crippen LogP contribution in [0.2, 0.25) is 0 Å². The second-order valence-electron chi connectivity index (χ2n) is 6.36. The van der Waals surface area contributed by atoms with Crippen LogP contribution in [0, 0.1) is 31.5 Å². The van der Waals surface area contributed by atoms with Crippen molar-refractivity contribution >= 4 is 10.0 Å². The molecule has 0 amide bonds. The Bertz CT molecular complexity index is 590. The molecule has 118 valence electrons. The van der Waals surface area contributed by atoms with Crippen LogP contribution < -0.4 is 4.72 Å². The molecule has 0 aliphatic heterocycles. The van der Waals surface area contributed by atoms with E-state index in [-0.39, 0.29) is 4.90 Å². The molecule has 1 aliphatic rings. The first kappa shape index (κ1) is 16.4. The molecule has 21 heavy (non-hydrogen) atoms. The lowest BCUT2D eigenvalue weighted by atomic mass is 9.83. The zero-order valence-corrected chi connectivity index (χ0v) is 13.8. The zero-order valence-electron chi connectivity index (χ0n) is 12.9. The van der Waals surface area contributed by atoms with E-state index in [0.29, 0.717) is 29.5 Å². The van der Waals surface area contributed by atoms with Crippen molar-refractivity contribution in [2.75, 3.05) is 6.54 Å². The molecule has 0 radical (unpaired) electrons. The summed E-state index contributed by atoms with van der Waals surface area (Å²) < 4.78 is 41.0. The quantitative estimate of drug-likeness (QED) is 0.924. The third kappa shape index (κ3) is 4.04. The second-order valence-corrected chi connectivity index (χ2v) is 8.06. The number of hydrogen-bond acceptors (Lipinski definition) is 2. The summed E-state index contributed by atoms with van der Waals surface area (Å²) >= 11 is 0. The number of nitrogens with one attached hydrogen (secondary N) is 1. The van der Waals surface area contributed by atoms with Crippen molar-refractivity contribution in [3.8, 4) is 0 Å². The molecule has 1 aromatic rings. The first-order chi connectivity index (χ1) is 9.79. The van der Waals surface area contributed by atoms with Gasteiger partial charge in [0.25, 0.3) is 0 Å². The molecule has 1 N–H and O–H groups in total. The van der Waals surface area contributed by atoms with Gasteiger partial charge in [-0.1, -0.05) is 19.8 Å². The lowest BCUT2D eigenvalue weighted by molar-refractivity contribution is 0.283. The lowest BCUT2D eigenvalue weighted by Crippen LogP contribution is -2.32. The Labute approximate surface area is 127 Å². The van der Waals surface area contributed by atoms with Gasteiger partial charge in [-0.3, -0.25) is 0 Å². The molecule has 1 aliphatic carbocycles. The molecule has 2 atom stereocenters. The average Bonchev–Trinajstić information content (AvgIpc) is 2.35. The van der Waals surface area contributed by atoms with Crippen LogP contribution in [-0.4, -0.2) is 15.0 Å². The van der Waals surface area contributed by atoms with Crippen LogP contribution in [0.15, 0.2) is 17.0 Å². The molecule has 0 saturated heterocycles. The number of sulfonamides is 1. The number of hydrogen-bond donors (Lipinski definition) is 1. The van der Waals surface area contributed by atoms with E-state index in [2.05, 4.69) is 11.6 Å². The Morgan fingerprint density at radius 2 is 1.86 bits per heavy atom. The third-order valence-corrected chi connectivity index (χ3v) is 6.03. The van der Waals surface area contributed by atoms with Crippen molar-refractivity contribution in [1.82, 2.24) is 4.72 Å². The molecule has 0 aromatic heterocycles. The van der Waals surface area contributed by atoms with Crippen molar-refractivity contribution in [2.24, 2.45) is 11.8 Å². The van der Waals surface area contributed by atoms with Crippen LogP contribution in [0.5, 0.6) is 0 Å². The van der Waals surface area contributed by atoms with E-state index in [1.807, 2.05) is 0 Å². The summed E-state index contributed by atoms with van der Waals surface area (Å²) in [6, 6.07) is 2.54. The van der Waals surface area contributed by atoms with Crippen molar-refractivity contribution in [1.29, 1.82) is 0 Å². The van der Waals surface area contributed by atoms with E-state index in [1.165, 1.54) is 25.0 Å². The highest BCUT2D eigenvalue weighted by atomic mass is 32.2. The molecule has 0 spiro atoms. The SMILES string of the molecule is Cc1cc(F)cc(C)c1S(=O)(=O)NCC1CCCC(C)C1. The van der Waals surface area contributed by atoms with Gasteiger partial charge >= 0.3 is 0 Å². The van der Waals surface area contributed by atoms with Gasteiger partial charge in [-0.2, -0.15) is 0 Å². The third-order valence-electron chi connectivity index (χ3n) is 4.30. The van der Waals surface area contributed by atoms with Crippen LogP contribution in [0.25, 0.3) is 0 Å². The lowest BCUT2D eigenvalue weighted by Gasteiger charge is -2.27. The van der Waals surface area contributed by atoms with Crippen molar-refractivity contribution in [3.63, 3.8) is 0 Å². The van der Waals surface area contributed by atoms with Crippen LogP contribution >= 0.6 is 0 Å². The largest absolute Gasteiger partial charge is 0.241 e. The average molecular weight is 313 g/mol. The fourth-order valence-corrected chi connectivity index (χ4v) is 4.93. The van der Waals surface area contributed by atoms with Gasteiger partial charge in [-0.05, 0) is 61.8 Å². The van der Waals surface area contributed by atoms with Crippen LogP contribution in [-0.2, 0) is 10.0 Å². The number of aryl methyl sites for hydroxylation is 2. The molecular weight excluding hydrogens is 289 g/mol. The predicted molar refractivity (Wildman–Crippen MR) is 82.2 cm³/mol. The smallest absolute Gasteiger partial charge is 0.211 e. The van der Waals surface area contributed by atoms with E-state index in [0.717, 1.165) is 12.8 Å². The standard InChI is InChI=1S/C16H24FNO2S/c1-11-5-4-6-14(7-11)10-18-21(19,20)16-12(2)8-15(17)9-13(16)3/h8-9,11,14,18H,4-7,10H2,1-3H3. The van der Waals surface area contributed by atoms with Gasteiger partial charge < -0.3 is 0 Å². The maximum absolute atomic E-state index is 13.3. The summed E-state index contributed by atoms with van der Waals surface area (Å²) in [5, 5.41) is 0. The summed E-state index contributed by atoms with van der Waals surface area (Å²) in [5.41, 5.74) is 0.911. The second kappa shape index (κ2) is 6.44. The van der Waals surface area contributed by atoms with Gasteiger partial charge in [0.1, 0.15) is 5.82 Å². The van der Waals surface area contributed by atoms with Crippen molar-refractivity contribution < 1.29 is 12.8 Å². The summed E-state index contributed by atoms with van der Waals surface area (Å²) in [5.74, 6) is 0.678. The van der Waals surface area contributed by atoms with Crippen molar-refractivity contribution in [3.05, 3.63) is 29.1 Å². The molecular formula is C16H24FNO2S. The van der Waals surface area contributed by atoms with Crippen LogP contribution in [0.4, 0.5) is 4.39 Å². The molecule has 0 bridgehead atoms. The van der Waals surface area contributed by atoms with Gasteiger partial charge in [0.2, 0.25) is 10.0 Å². The zero-order chi connectivity index (χ0) is 15.6. The van der Waals surface area contributed by atoms with Gasteiger partial charge in [0, 0.05) is 6.54 Å². The van der Waals surface area contributed by atoms with E-state index in [4.69, 9.17) is 0 Å². The Balaban J connectivity index is 2.12. The fraction of sp³-hybridized carbons (Fsp3) is 0.625. The highest BCUT2D eigenvalue weighted by Gasteiger charge is 2.24. The Kier molecular flexibility index (Phi) is 5.04. The van der Waals surface area contributed by atoms with E-state index in [1.54, 1.807) is 13.8 Å². The number of benzene rings is 1. The fourth-order valence-electron chi connectivity index (χ4n) is 3.37. The maximum Gasteiger partial charge on any atom is 0.241 e. The Morgan fingerprint density at radius 1 is 1.24 bits per heavy atom. The van der Waals surface area contributed by atoms with E-state index in [9.17, 15) is 12.8 Å². The molecule has 2 rings (SSSR count). The van der Waals surface area contributed by atoms with Gasteiger partial charge in [-0.15, -0.1) is 0 Å². The summed E-state index contributed by atoms with van der Waals surface area (Å²) in [7, 11) is -3.57. The topological polar surface area (TPSA) is 46.2 Å². The highest BCUT2D eigenvalue weighted by molar-refractivity contribution is 7.89. The Hall–Kier alpha value is -0.940. The molecule has 2 unspecified atom stereocenters. The van der Waals surface area contributed by atoms with Gasteiger partial charge in [0.05, 0.1) is 4.90 Å². The predicted octanol–water partition coefficient (Wildman–Crippen LogP) is 3.55. The molecule has 1 saturated carbocycles. The molecule has 3 nitrogen and oxygen atoms in total. The molecule has 1 fully saturated rings. The normalized spacial score (nSPS) is 23.2. The highest BCUT2D eigenvalue weighted by Crippen LogP contribution is 2.28. The van der Waals surface area contributed by atoms with E-state index >= 15 is 0 Å². The summed E-state index contributed by atoms with van der Waals surface area (Å²) in [6.45, 7) is 5.96. The summed E-state index contributed by atoms with van der Waals surface area (Å²) in [4.78, 5) is 0.216.